The molecular formula is C12H15Br. The van der Waals surface area contributed by atoms with Gasteiger partial charge >= 0.3 is 0 Å². The Morgan fingerprint density at radius 2 is 2.00 bits per heavy atom. The summed E-state index contributed by atoms with van der Waals surface area (Å²) in [5.74, 6) is 0.556. The van der Waals surface area contributed by atoms with Crippen LogP contribution in [0, 0.1) is 5.92 Å². The van der Waals surface area contributed by atoms with Gasteiger partial charge in [0.2, 0.25) is 0 Å². The Labute approximate surface area is 88.8 Å². The zero-order chi connectivity index (χ0) is 9.68. The number of hydrogen-bond donors (Lipinski definition) is 0. The van der Waals surface area contributed by atoms with Crippen LogP contribution < -0.4 is 0 Å². The van der Waals surface area contributed by atoms with Crippen molar-refractivity contribution in [3.63, 3.8) is 0 Å². The fraction of sp³-hybridized carbons (Fsp3) is 0.333. The molecule has 1 aromatic rings. The Morgan fingerprint density at radius 3 is 2.54 bits per heavy atom. The Kier molecular flexibility index (Phi) is 4.23. The van der Waals surface area contributed by atoms with Gasteiger partial charge < -0.3 is 0 Å². The van der Waals surface area contributed by atoms with Gasteiger partial charge in [-0.25, -0.2) is 0 Å². The van der Waals surface area contributed by atoms with Gasteiger partial charge in [0.15, 0.2) is 0 Å². The second-order valence-electron chi connectivity index (χ2n) is 3.37. The van der Waals surface area contributed by atoms with E-state index in [1.807, 2.05) is 0 Å². The second kappa shape index (κ2) is 5.23. The van der Waals surface area contributed by atoms with Crippen molar-refractivity contribution in [3.05, 3.63) is 47.0 Å². The first kappa shape index (κ1) is 10.5. The zero-order valence-corrected chi connectivity index (χ0v) is 9.55. The summed E-state index contributed by atoms with van der Waals surface area (Å²) in [6.07, 6.45) is 2.29. The van der Waals surface area contributed by atoms with Crippen LogP contribution in [0.5, 0.6) is 0 Å². The van der Waals surface area contributed by atoms with Gasteiger partial charge in [-0.05, 0) is 28.8 Å². The monoisotopic (exact) mass is 238 g/mol. The number of rotatable bonds is 4. The third kappa shape index (κ3) is 3.77. The van der Waals surface area contributed by atoms with Crippen molar-refractivity contribution in [2.45, 2.75) is 19.8 Å². The van der Waals surface area contributed by atoms with Crippen molar-refractivity contribution in [2.24, 2.45) is 5.92 Å². The zero-order valence-electron chi connectivity index (χ0n) is 7.96. The molecule has 1 rings (SSSR count). The van der Waals surface area contributed by atoms with Crippen LogP contribution in [-0.4, -0.2) is 0 Å². The minimum Gasteiger partial charge on any atom is -0.0886 e. The minimum atomic E-state index is 0.556. The predicted molar refractivity (Wildman–Crippen MR) is 62.0 cm³/mol. The van der Waals surface area contributed by atoms with Gasteiger partial charge in [0.05, 0.1) is 0 Å². The van der Waals surface area contributed by atoms with E-state index < -0.39 is 0 Å². The number of hydrogen-bond acceptors (Lipinski definition) is 0. The first-order valence-electron chi connectivity index (χ1n) is 4.58. The predicted octanol–water partition coefficient (Wildman–Crippen LogP) is 4.16. The van der Waals surface area contributed by atoms with Crippen LogP contribution in [0.1, 0.15) is 18.9 Å². The molecule has 1 aromatic carbocycles. The quantitative estimate of drug-likeness (QED) is 0.739. The maximum atomic E-state index is 3.88. The molecule has 0 aromatic heterocycles. The third-order valence-electron chi connectivity index (χ3n) is 2.24. The molecule has 1 atom stereocenters. The molecule has 0 aliphatic rings. The van der Waals surface area contributed by atoms with Crippen LogP contribution in [0.15, 0.2) is 41.4 Å². The number of benzene rings is 1. The van der Waals surface area contributed by atoms with Crippen LogP contribution >= 0.6 is 15.9 Å². The molecule has 0 bridgehead atoms. The Bertz CT molecular complexity index is 264. The molecule has 1 unspecified atom stereocenters. The summed E-state index contributed by atoms with van der Waals surface area (Å²) in [4.78, 5) is 0. The highest BCUT2D eigenvalue weighted by atomic mass is 79.9. The van der Waals surface area contributed by atoms with Crippen LogP contribution in [-0.2, 0) is 6.42 Å². The largest absolute Gasteiger partial charge is 0.0886 e. The van der Waals surface area contributed by atoms with E-state index in [4.69, 9.17) is 0 Å². The van der Waals surface area contributed by atoms with E-state index in [2.05, 4.69) is 59.8 Å². The maximum absolute atomic E-state index is 3.88. The Hall–Kier alpha value is -0.560. The van der Waals surface area contributed by atoms with E-state index in [0.29, 0.717) is 5.92 Å². The lowest BCUT2D eigenvalue weighted by atomic mass is 10.0. The van der Waals surface area contributed by atoms with Crippen LogP contribution in [0.3, 0.4) is 0 Å². The number of halogens is 1. The van der Waals surface area contributed by atoms with Crippen molar-refractivity contribution in [2.75, 3.05) is 0 Å². The molecule has 1 heteroatoms. The lowest BCUT2D eigenvalue weighted by Crippen LogP contribution is -1.96. The average molecular weight is 239 g/mol. The van der Waals surface area contributed by atoms with Gasteiger partial charge in [0.1, 0.15) is 0 Å². The molecule has 0 heterocycles. The van der Waals surface area contributed by atoms with Gasteiger partial charge in [-0.15, -0.1) is 0 Å². The summed E-state index contributed by atoms with van der Waals surface area (Å²) in [7, 11) is 0. The normalized spacial score (nSPS) is 12.5. The standard InChI is InChI=1S/C12H15Br/c1-10(11(2)13)8-9-12-6-4-3-5-7-12/h3-7,10H,2,8-9H2,1H3. The fourth-order valence-corrected chi connectivity index (χ4v) is 1.41. The topological polar surface area (TPSA) is 0 Å². The summed E-state index contributed by atoms with van der Waals surface area (Å²) < 4.78 is 1.10. The SMILES string of the molecule is C=C(Br)C(C)CCc1ccccc1. The van der Waals surface area contributed by atoms with Crippen LogP contribution in [0.4, 0.5) is 0 Å². The molecule has 70 valence electrons. The molecule has 0 N–H and O–H groups in total. The first-order chi connectivity index (χ1) is 6.20. The van der Waals surface area contributed by atoms with Gasteiger partial charge in [-0.2, -0.15) is 0 Å². The molecule has 0 aliphatic heterocycles. The molecule has 0 amide bonds. The van der Waals surface area contributed by atoms with E-state index in [0.717, 1.165) is 17.3 Å². The van der Waals surface area contributed by atoms with Crippen molar-refractivity contribution >= 4 is 15.9 Å². The van der Waals surface area contributed by atoms with E-state index in [-0.39, 0.29) is 0 Å². The smallest absolute Gasteiger partial charge is 0.00928 e. The molecule has 0 aliphatic carbocycles. The van der Waals surface area contributed by atoms with Gasteiger partial charge in [0, 0.05) is 0 Å². The first-order valence-corrected chi connectivity index (χ1v) is 5.37. The summed E-state index contributed by atoms with van der Waals surface area (Å²) >= 11 is 3.42. The Balaban J connectivity index is 2.39. The highest BCUT2D eigenvalue weighted by Crippen LogP contribution is 2.20. The van der Waals surface area contributed by atoms with Gasteiger partial charge in [-0.1, -0.05) is 59.8 Å². The van der Waals surface area contributed by atoms with Crippen molar-refractivity contribution in [1.82, 2.24) is 0 Å². The summed E-state index contributed by atoms with van der Waals surface area (Å²) in [5, 5.41) is 0. The molecule has 0 nitrogen and oxygen atoms in total. The van der Waals surface area contributed by atoms with Gasteiger partial charge in [-0.3, -0.25) is 0 Å². The lowest BCUT2D eigenvalue weighted by molar-refractivity contribution is 0.642. The van der Waals surface area contributed by atoms with E-state index in [9.17, 15) is 0 Å². The van der Waals surface area contributed by atoms with Crippen LogP contribution in [0.2, 0.25) is 0 Å². The molecule has 13 heavy (non-hydrogen) atoms. The molecule has 0 saturated carbocycles. The fourth-order valence-electron chi connectivity index (χ4n) is 1.18. The van der Waals surface area contributed by atoms with Crippen molar-refractivity contribution in [1.29, 1.82) is 0 Å². The molecule has 0 radical (unpaired) electrons. The summed E-state index contributed by atoms with van der Waals surface area (Å²) in [6.45, 7) is 6.08. The maximum Gasteiger partial charge on any atom is -0.00928 e. The average Bonchev–Trinajstić information content (AvgIpc) is 2.15. The molecule has 0 fully saturated rings. The van der Waals surface area contributed by atoms with E-state index >= 15 is 0 Å². The third-order valence-corrected chi connectivity index (χ3v) is 3.03. The molecule has 0 saturated heterocycles. The van der Waals surface area contributed by atoms with Crippen molar-refractivity contribution < 1.29 is 0 Å². The van der Waals surface area contributed by atoms with E-state index in [1.165, 1.54) is 5.56 Å². The summed E-state index contributed by atoms with van der Waals surface area (Å²) in [6, 6.07) is 10.6. The van der Waals surface area contributed by atoms with Crippen molar-refractivity contribution in [3.8, 4) is 0 Å². The highest BCUT2D eigenvalue weighted by molar-refractivity contribution is 9.11. The van der Waals surface area contributed by atoms with Gasteiger partial charge in [0.25, 0.3) is 0 Å². The number of aryl methyl sites for hydroxylation is 1. The molecule has 0 spiro atoms. The Morgan fingerprint density at radius 1 is 1.38 bits per heavy atom. The minimum absolute atomic E-state index is 0.556. The van der Waals surface area contributed by atoms with Crippen LogP contribution in [0.25, 0.3) is 0 Å². The summed E-state index contributed by atoms with van der Waals surface area (Å²) in [5.41, 5.74) is 1.41. The number of allylic oxidation sites excluding steroid dienone is 1. The lowest BCUT2D eigenvalue weighted by Gasteiger charge is -2.08. The molecular weight excluding hydrogens is 224 g/mol. The highest BCUT2D eigenvalue weighted by Gasteiger charge is 2.03. The van der Waals surface area contributed by atoms with E-state index in [1.54, 1.807) is 0 Å². The second-order valence-corrected chi connectivity index (χ2v) is 4.39.